The van der Waals surface area contributed by atoms with Gasteiger partial charge in [0.25, 0.3) is 5.91 Å². The number of benzene rings is 1. The van der Waals surface area contributed by atoms with Crippen LogP contribution in [-0.4, -0.2) is 82.2 Å². The monoisotopic (exact) mass is 574 g/mol. The van der Waals surface area contributed by atoms with E-state index >= 15 is 0 Å². The van der Waals surface area contributed by atoms with Crippen molar-refractivity contribution in [2.45, 2.75) is 55.9 Å². The summed E-state index contributed by atoms with van der Waals surface area (Å²) in [5, 5.41) is 7.52. The highest BCUT2D eigenvalue weighted by Crippen LogP contribution is 2.37. The van der Waals surface area contributed by atoms with Crippen LogP contribution >= 0.6 is 12.6 Å². The Balaban J connectivity index is 1.36. The van der Waals surface area contributed by atoms with E-state index in [0.29, 0.717) is 35.1 Å². The summed E-state index contributed by atoms with van der Waals surface area (Å²) in [5.41, 5.74) is 0.542. The van der Waals surface area contributed by atoms with E-state index in [-0.39, 0.29) is 31.8 Å². The van der Waals surface area contributed by atoms with E-state index in [0.717, 1.165) is 0 Å². The van der Waals surface area contributed by atoms with Gasteiger partial charge >= 0.3 is 6.09 Å². The van der Waals surface area contributed by atoms with E-state index in [4.69, 9.17) is 9.47 Å². The Morgan fingerprint density at radius 3 is 2.75 bits per heavy atom. The van der Waals surface area contributed by atoms with Gasteiger partial charge in [-0.05, 0) is 56.7 Å². The molecular weight excluding hydrogens is 542 g/mol. The Bertz CT molecular complexity index is 1390. The number of hydrogen-bond donors (Lipinski definition) is 2. The molecule has 3 aromatic rings. The van der Waals surface area contributed by atoms with E-state index in [1.165, 1.54) is 27.7 Å². The first kappa shape index (κ1) is 28.1. The minimum atomic E-state index is -1.14. The molecule has 0 radical (unpaired) electrons. The topological polar surface area (TPSA) is 101 Å². The average Bonchev–Trinajstić information content (AvgIpc) is 3.39. The molecule has 13 heteroatoms. The molecule has 2 aromatic heterocycles. The lowest BCUT2D eigenvalue weighted by Gasteiger charge is -2.28. The van der Waals surface area contributed by atoms with Gasteiger partial charge in [-0.2, -0.15) is 0 Å². The van der Waals surface area contributed by atoms with Crippen LogP contribution in [0.5, 0.6) is 0 Å². The number of rotatable bonds is 4. The van der Waals surface area contributed by atoms with Crippen molar-refractivity contribution in [1.29, 1.82) is 0 Å². The van der Waals surface area contributed by atoms with E-state index < -0.39 is 41.7 Å². The number of nitrogens with one attached hydrogen (secondary N) is 1. The second kappa shape index (κ2) is 11.2. The van der Waals surface area contributed by atoms with Gasteiger partial charge < -0.3 is 24.6 Å². The number of aromatic nitrogens is 3. The number of nitrogens with zero attached hydrogens (tertiary/aromatic N) is 5. The molecule has 10 nitrogen and oxygen atoms in total. The fourth-order valence-corrected chi connectivity index (χ4v) is 5.24. The Labute approximate surface area is 236 Å². The van der Waals surface area contributed by atoms with E-state index in [1.54, 1.807) is 43.9 Å². The lowest BCUT2D eigenvalue weighted by molar-refractivity contribution is 0.0237. The van der Waals surface area contributed by atoms with Gasteiger partial charge in [-0.15, -0.1) is 17.7 Å². The van der Waals surface area contributed by atoms with Crippen LogP contribution in [0.3, 0.4) is 0 Å². The van der Waals surface area contributed by atoms with Gasteiger partial charge in [0, 0.05) is 24.4 Å². The van der Waals surface area contributed by atoms with Gasteiger partial charge in [-0.1, -0.05) is 0 Å². The number of hydrogen-bond acceptors (Lipinski definition) is 8. The molecule has 1 unspecified atom stereocenters. The van der Waals surface area contributed by atoms with Crippen LogP contribution in [0.4, 0.5) is 19.4 Å². The molecular formula is C27H32F2N6O4S. The third kappa shape index (κ3) is 6.30. The average molecular weight is 575 g/mol. The third-order valence-electron chi connectivity index (χ3n) is 6.67. The predicted octanol–water partition coefficient (Wildman–Crippen LogP) is 3.81. The van der Waals surface area contributed by atoms with E-state index in [2.05, 4.69) is 28.0 Å². The molecule has 2 fully saturated rings. The molecule has 0 saturated carbocycles. The Kier molecular flexibility index (Phi) is 7.87. The normalized spacial score (nSPS) is 21.9. The molecule has 0 spiro atoms. The van der Waals surface area contributed by atoms with Crippen LogP contribution in [0.2, 0.25) is 0 Å². The Hall–Kier alpha value is -3.45. The SMILES string of the molecule is CC(C)(C)OC(=O)N1CCOCC(NC(=O)c2cnc3ccc(N4C[C@@H](F)C[C@@H]4c4cc(F)cc(S)c4)nn23)C1. The summed E-state index contributed by atoms with van der Waals surface area (Å²) in [5.74, 6) is -0.485. The number of halogens is 2. The minimum Gasteiger partial charge on any atom is -0.444 e. The number of amides is 2. The van der Waals surface area contributed by atoms with Crippen molar-refractivity contribution >= 4 is 36.1 Å². The van der Waals surface area contributed by atoms with Crippen molar-refractivity contribution in [1.82, 2.24) is 24.8 Å². The van der Waals surface area contributed by atoms with E-state index in [1.807, 2.05) is 0 Å². The van der Waals surface area contributed by atoms with Crippen LogP contribution in [0.1, 0.15) is 49.3 Å². The zero-order chi connectivity index (χ0) is 28.6. The van der Waals surface area contributed by atoms with Crippen molar-refractivity contribution < 1.29 is 27.8 Å². The van der Waals surface area contributed by atoms with Gasteiger partial charge in [0.15, 0.2) is 11.3 Å². The lowest BCUT2D eigenvalue weighted by Crippen LogP contribution is -2.47. The van der Waals surface area contributed by atoms with Gasteiger partial charge in [0.1, 0.15) is 23.4 Å². The summed E-state index contributed by atoms with van der Waals surface area (Å²) >= 11 is 4.27. The first-order valence-electron chi connectivity index (χ1n) is 13.1. The van der Waals surface area contributed by atoms with Crippen LogP contribution in [0.15, 0.2) is 41.4 Å². The lowest BCUT2D eigenvalue weighted by atomic mass is 10.0. The minimum absolute atomic E-state index is 0.0672. The smallest absolute Gasteiger partial charge is 0.410 e. The van der Waals surface area contributed by atoms with Gasteiger partial charge in [0.2, 0.25) is 0 Å². The summed E-state index contributed by atoms with van der Waals surface area (Å²) in [4.78, 5) is 33.9. The molecule has 2 aliphatic rings. The number of alkyl halides is 1. The predicted molar refractivity (Wildman–Crippen MR) is 146 cm³/mol. The fraction of sp³-hybridized carbons (Fsp3) is 0.481. The summed E-state index contributed by atoms with van der Waals surface area (Å²) in [7, 11) is 0. The van der Waals surface area contributed by atoms with Gasteiger partial charge in [-0.3, -0.25) is 4.79 Å². The molecule has 3 atom stereocenters. The molecule has 5 rings (SSSR count). The highest BCUT2D eigenvalue weighted by molar-refractivity contribution is 7.80. The van der Waals surface area contributed by atoms with Gasteiger partial charge in [-0.25, -0.2) is 23.1 Å². The summed E-state index contributed by atoms with van der Waals surface area (Å²) in [6.07, 6.45) is -0.0382. The molecule has 40 heavy (non-hydrogen) atoms. The van der Waals surface area contributed by atoms with Crippen molar-refractivity contribution in [2.75, 3.05) is 37.7 Å². The number of anilines is 1. The second-order valence-electron chi connectivity index (χ2n) is 11.0. The highest BCUT2D eigenvalue weighted by atomic mass is 32.1. The zero-order valence-corrected chi connectivity index (χ0v) is 23.4. The number of carbonyl (C=O) groups is 2. The highest BCUT2D eigenvalue weighted by Gasteiger charge is 2.35. The maximum absolute atomic E-state index is 14.6. The van der Waals surface area contributed by atoms with Crippen molar-refractivity contribution in [3.05, 3.63) is 53.6 Å². The zero-order valence-electron chi connectivity index (χ0n) is 22.5. The number of carbonyl (C=O) groups excluding carboxylic acids is 2. The molecule has 1 aromatic carbocycles. The maximum atomic E-state index is 14.6. The summed E-state index contributed by atoms with van der Waals surface area (Å²) < 4.78 is 41.2. The first-order chi connectivity index (χ1) is 19.0. The second-order valence-corrected chi connectivity index (χ2v) is 11.5. The molecule has 2 amide bonds. The third-order valence-corrected chi connectivity index (χ3v) is 6.93. The van der Waals surface area contributed by atoms with E-state index in [9.17, 15) is 18.4 Å². The molecule has 2 aliphatic heterocycles. The quantitative estimate of drug-likeness (QED) is 0.457. The molecule has 214 valence electrons. The van der Waals surface area contributed by atoms with Crippen LogP contribution < -0.4 is 10.2 Å². The number of fused-ring (bicyclic) bond motifs is 1. The fourth-order valence-electron chi connectivity index (χ4n) is 4.96. The summed E-state index contributed by atoms with van der Waals surface area (Å²) in [6.45, 7) is 6.53. The van der Waals surface area contributed by atoms with Crippen molar-refractivity contribution in [3.63, 3.8) is 0 Å². The molecule has 0 aliphatic carbocycles. The van der Waals surface area contributed by atoms with Crippen LogP contribution in [0, 0.1) is 5.82 Å². The number of ether oxygens (including phenoxy) is 2. The van der Waals surface area contributed by atoms with Crippen LogP contribution in [-0.2, 0) is 9.47 Å². The van der Waals surface area contributed by atoms with Gasteiger partial charge in [0.05, 0.1) is 38.0 Å². The molecule has 2 saturated heterocycles. The number of imidazole rings is 1. The molecule has 0 bridgehead atoms. The maximum Gasteiger partial charge on any atom is 0.410 e. The standard InChI is InChI=1S/C27H32F2N6O4S/c1-27(2,3)39-26(37)33-6-7-38-15-19(14-33)31-25(36)22-12-30-23-4-5-24(32-35(22)23)34-13-18(29)11-21(34)16-8-17(28)10-20(40)9-16/h4-5,8-10,12,18-19,21,40H,6-7,11,13-15H2,1-3H3,(H,31,36)/t18-,19?,21+/m0/s1. The van der Waals surface area contributed by atoms with Crippen molar-refractivity contribution in [2.24, 2.45) is 0 Å². The summed E-state index contributed by atoms with van der Waals surface area (Å²) in [6, 6.07) is 6.83. The van der Waals surface area contributed by atoms with Crippen molar-refractivity contribution in [3.8, 4) is 0 Å². The molecule has 1 N–H and O–H groups in total. The Morgan fingerprint density at radius 2 is 2.00 bits per heavy atom. The Morgan fingerprint density at radius 1 is 1.20 bits per heavy atom. The van der Waals surface area contributed by atoms with Crippen LogP contribution in [0.25, 0.3) is 5.65 Å². The largest absolute Gasteiger partial charge is 0.444 e. The number of thiol groups is 1. The molecule has 4 heterocycles. The first-order valence-corrected chi connectivity index (χ1v) is 13.5.